The van der Waals surface area contributed by atoms with Crippen LogP contribution in [0.5, 0.6) is 0 Å². The van der Waals surface area contributed by atoms with Gasteiger partial charge in [-0.1, -0.05) is 0 Å². The highest BCUT2D eigenvalue weighted by molar-refractivity contribution is 5.89. The third-order valence-corrected chi connectivity index (χ3v) is 3.61. The lowest BCUT2D eigenvalue weighted by Crippen LogP contribution is -2.53. The molecule has 0 aromatic carbocycles. The number of aromatic nitrogens is 2. The number of carbonyl (C=O) groups excluding carboxylic acids is 1. The van der Waals surface area contributed by atoms with Crippen LogP contribution in [0.25, 0.3) is 11.0 Å². The molecule has 0 bridgehead atoms. The van der Waals surface area contributed by atoms with Gasteiger partial charge in [0, 0.05) is 24.3 Å². The van der Waals surface area contributed by atoms with E-state index in [1.54, 1.807) is 18.5 Å². The van der Waals surface area contributed by atoms with Crippen molar-refractivity contribution in [1.29, 1.82) is 0 Å². The van der Waals surface area contributed by atoms with Crippen molar-refractivity contribution in [2.24, 2.45) is 0 Å². The predicted molar refractivity (Wildman–Crippen MR) is 73.8 cm³/mol. The molecule has 7 heteroatoms. The Bertz CT molecular complexity index is 682. The molecule has 1 fully saturated rings. The molecule has 2 N–H and O–H groups in total. The van der Waals surface area contributed by atoms with E-state index in [1.165, 1.54) is 4.90 Å². The minimum Gasteiger partial charge on any atom is -0.480 e. The van der Waals surface area contributed by atoms with Crippen LogP contribution in [0.1, 0.15) is 5.56 Å². The van der Waals surface area contributed by atoms with Gasteiger partial charge in [0.25, 0.3) is 0 Å². The third-order valence-electron chi connectivity index (χ3n) is 3.61. The van der Waals surface area contributed by atoms with E-state index < -0.39 is 12.0 Å². The van der Waals surface area contributed by atoms with E-state index in [-0.39, 0.29) is 18.9 Å². The van der Waals surface area contributed by atoms with E-state index in [9.17, 15) is 9.59 Å². The number of aliphatic carboxylic acids is 1. The zero-order chi connectivity index (χ0) is 14.8. The van der Waals surface area contributed by atoms with Gasteiger partial charge in [-0.05, 0) is 17.7 Å². The van der Waals surface area contributed by atoms with Crippen LogP contribution >= 0.6 is 0 Å². The molecule has 0 aliphatic carbocycles. The van der Waals surface area contributed by atoms with Gasteiger partial charge in [-0.3, -0.25) is 4.79 Å². The molecule has 110 valence electrons. The van der Waals surface area contributed by atoms with Gasteiger partial charge in [-0.15, -0.1) is 0 Å². The molecule has 7 nitrogen and oxygen atoms in total. The summed E-state index contributed by atoms with van der Waals surface area (Å²) in [7, 11) is 0. The molecule has 21 heavy (non-hydrogen) atoms. The molecule has 3 rings (SSSR count). The maximum atomic E-state index is 12.4. The van der Waals surface area contributed by atoms with Crippen molar-refractivity contribution in [3.63, 3.8) is 0 Å². The smallest absolute Gasteiger partial charge is 0.328 e. The van der Waals surface area contributed by atoms with Crippen molar-refractivity contribution >= 4 is 22.9 Å². The Hall–Kier alpha value is -2.41. The summed E-state index contributed by atoms with van der Waals surface area (Å²) in [4.78, 5) is 32.1. The van der Waals surface area contributed by atoms with Crippen molar-refractivity contribution in [3.05, 3.63) is 30.1 Å². The maximum absolute atomic E-state index is 12.4. The summed E-state index contributed by atoms with van der Waals surface area (Å²) in [6.45, 7) is 0.706. The highest BCUT2D eigenvalue weighted by Gasteiger charge is 2.32. The second-order valence-corrected chi connectivity index (χ2v) is 4.91. The molecular formula is C14H15N3O4. The third kappa shape index (κ3) is 2.59. The first kappa shape index (κ1) is 13.6. The van der Waals surface area contributed by atoms with Crippen LogP contribution in [-0.2, 0) is 20.7 Å². The fraction of sp³-hybridized carbons (Fsp3) is 0.357. The quantitative estimate of drug-likeness (QED) is 0.853. The standard InChI is InChI=1S/C14H15N3O4/c18-12(17-4-5-21-8-11(17)14(19)20)6-9-7-16-13-10(9)2-1-3-15-13/h1-3,7,11H,4-6,8H2,(H,15,16)(H,19,20). The zero-order valence-corrected chi connectivity index (χ0v) is 11.3. The monoisotopic (exact) mass is 289 g/mol. The normalized spacial score (nSPS) is 18.9. The molecule has 1 aliphatic rings. The van der Waals surface area contributed by atoms with Crippen molar-refractivity contribution in [2.45, 2.75) is 12.5 Å². The van der Waals surface area contributed by atoms with E-state index >= 15 is 0 Å². The van der Waals surface area contributed by atoms with Crippen LogP contribution in [0.2, 0.25) is 0 Å². The minimum atomic E-state index is -1.04. The molecule has 1 aliphatic heterocycles. The van der Waals surface area contributed by atoms with Gasteiger partial charge in [-0.2, -0.15) is 0 Å². The second kappa shape index (κ2) is 5.53. The van der Waals surface area contributed by atoms with Gasteiger partial charge >= 0.3 is 5.97 Å². The summed E-state index contributed by atoms with van der Waals surface area (Å²) in [5.41, 5.74) is 1.54. The molecule has 1 amide bonds. The number of ether oxygens (including phenoxy) is 1. The molecule has 1 saturated heterocycles. The number of nitrogens with one attached hydrogen (secondary N) is 1. The first-order chi connectivity index (χ1) is 10.2. The number of pyridine rings is 1. The van der Waals surface area contributed by atoms with Crippen LogP contribution in [0.3, 0.4) is 0 Å². The van der Waals surface area contributed by atoms with E-state index in [4.69, 9.17) is 9.84 Å². The molecular weight excluding hydrogens is 274 g/mol. The van der Waals surface area contributed by atoms with Gasteiger partial charge in [0.1, 0.15) is 5.65 Å². The Kier molecular flexibility index (Phi) is 3.57. The Balaban J connectivity index is 1.80. The van der Waals surface area contributed by atoms with Gasteiger partial charge < -0.3 is 19.7 Å². The van der Waals surface area contributed by atoms with Crippen molar-refractivity contribution in [3.8, 4) is 0 Å². The van der Waals surface area contributed by atoms with Gasteiger partial charge in [0.2, 0.25) is 5.91 Å². The fourth-order valence-electron chi connectivity index (χ4n) is 2.53. The van der Waals surface area contributed by atoms with Crippen LogP contribution in [0.4, 0.5) is 0 Å². The lowest BCUT2D eigenvalue weighted by Gasteiger charge is -2.32. The molecule has 2 aromatic heterocycles. The first-order valence-electron chi connectivity index (χ1n) is 6.68. The number of morpholine rings is 1. The van der Waals surface area contributed by atoms with Gasteiger partial charge in [-0.25, -0.2) is 9.78 Å². The highest BCUT2D eigenvalue weighted by Crippen LogP contribution is 2.18. The van der Waals surface area contributed by atoms with Crippen molar-refractivity contribution in [1.82, 2.24) is 14.9 Å². The van der Waals surface area contributed by atoms with Crippen LogP contribution in [-0.4, -0.2) is 57.7 Å². The molecule has 2 aromatic rings. The number of aromatic amines is 1. The molecule has 1 unspecified atom stereocenters. The summed E-state index contributed by atoms with van der Waals surface area (Å²) in [6, 6.07) is 2.78. The lowest BCUT2D eigenvalue weighted by atomic mass is 10.1. The van der Waals surface area contributed by atoms with E-state index in [0.717, 1.165) is 16.6 Å². The fourth-order valence-corrected chi connectivity index (χ4v) is 2.53. The Morgan fingerprint density at radius 2 is 2.38 bits per heavy atom. The lowest BCUT2D eigenvalue weighted by molar-refractivity contribution is -0.157. The average Bonchev–Trinajstić information content (AvgIpc) is 2.90. The number of carboxylic acids is 1. The van der Waals surface area contributed by atoms with E-state index in [1.807, 2.05) is 6.07 Å². The number of fused-ring (bicyclic) bond motifs is 1. The van der Waals surface area contributed by atoms with Crippen LogP contribution in [0.15, 0.2) is 24.5 Å². The Morgan fingerprint density at radius 3 is 3.19 bits per heavy atom. The highest BCUT2D eigenvalue weighted by atomic mass is 16.5. The molecule has 1 atom stereocenters. The number of carboxylic acid groups (broad SMARTS) is 1. The number of hydrogen-bond donors (Lipinski definition) is 2. The number of rotatable bonds is 3. The number of H-pyrrole nitrogens is 1. The first-order valence-corrected chi connectivity index (χ1v) is 6.68. The topological polar surface area (TPSA) is 95.5 Å². The Labute approximate surface area is 120 Å². The summed E-state index contributed by atoms with van der Waals surface area (Å²) in [6.07, 6.45) is 3.56. The summed E-state index contributed by atoms with van der Waals surface area (Å²) >= 11 is 0. The van der Waals surface area contributed by atoms with Crippen molar-refractivity contribution < 1.29 is 19.4 Å². The van der Waals surface area contributed by atoms with Crippen LogP contribution in [0, 0.1) is 0 Å². The number of amides is 1. The maximum Gasteiger partial charge on any atom is 0.328 e. The summed E-state index contributed by atoms with van der Waals surface area (Å²) in [5, 5.41) is 10.0. The summed E-state index contributed by atoms with van der Waals surface area (Å²) < 4.78 is 5.14. The predicted octanol–water partition coefficient (Wildman–Crippen LogP) is 0.417. The SMILES string of the molecule is O=C(O)C1COCCN1C(=O)Cc1c[nH]c2ncccc12. The Morgan fingerprint density at radius 1 is 1.52 bits per heavy atom. The molecule has 0 spiro atoms. The molecule has 0 saturated carbocycles. The van der Waals surface area contributed by atoms with E-state index in [2.05, 4.69) is 9.97 Å². The molecule has 3 heterocycles. The average molecular weight is 289 g/mol. The number of carbonyl (C=O) groups is 2. The minimum absolute atomic E-state index is 0.0382. The zero-order valence-electron chi connectivity index (χ0n) is 11.3. The number of nitrogens with zero attached hydrogens (tertiary/aromatic N) is 2. The van der Waals surface area contributed by atoms with Gasteiger partial charge in [0.05, 0.1) is 19.6 Å². The van der Waals surface area contributed by atoms with Crippen LogP contribution < -0.4 is 0 Å². The van der Waals surface area contributed by atoms with Crippen molar-refractivity contribution in [2.75, 3.05) is 19.8 Å². The van der Waals surface area contributed by atoms with E-state index in [0.29, 0.717) is 13.2 Å². The number of hydrogen-bond acceptors (Lipinski definition) is 4. The second-order valence-electron chi connectivity index (χ2n) is 4.91. The summed E-state index contributed by atoms with van der Waals surface area (Å²) in [5.74, 6) is -1.25. The largest absolute Gasteiger partial charge is 0.480 e. The van der Waals surface area contributed by atoms with Gasteiger partial charge in [0.15, 0.2) is 6.04 Å². The molecule has 0 radical (unpaired) electrons.